The minimum absolute atomic E-state index is 0.00463. The number of nitrogen functional groups attached to an aromatic ring is 1. The Morgan fingerprint density at radius 2 is 2.40 bits per heavy atom. The van der Waals surface area contributed by atoms with Crippen LogP contribution < -0.4 is 16.1 Å². The maximum Gasteiger partial charge on any atom is 0.362 e. The molecule has 0 radical (unpaired) electrons. The minimum atomic E-state index is -0.570. The van der Waals surface area contributed by atoms with E-state index in [0.29, 0.717) is 5.75 Å². The van der Waals surface area contributed by atoms with Crippen LogP contribution in [0.1, 0.15) is 0 Å². The Labute approximate surface area is 57.2 Å². The van der Waals surface area contributed by atoms with Crippen molar-refractivity contribution in [3.63, 3.8) is 0 Å². The van der Waals surface area contributed by atoms with Gasteiger partial charge in [-0.2, -0.15) is 0 Å². The molecular formula is C6H7NO3. The molecule has 0 bridgehead atoms. The monoisotopic (exact) mass is 141 g/mol. The van der Waals surface area contributed by atoms with Crippen LogP contribution in [0.2, 0.25) is 0 Å². The summed E-state index contributed by atoms with van der Waals surface area (Å²) < 4.78 is 9.18. The first-order valence-corrected chi connectivity index (χ1v) is 2.67. The Kier molecular flexibility index (Phi) is 1.62. The van der Waals surface area contributed by atoms with Crippen molar-refractivity contribution in [2.75, 3.05) is 12.8 Å². The Bertz CT molecular complexity index is 279. The van der Waals surface area contributed by atoms with Gasteiger partial charge in [0, 0.05) is 6.07 Å². The normalized spacial score (nSPS) is 9.30. The molecule has 10 heavy (non-hydrogen) atoms. The third kappa shape index (κ3) is 0.953. The zero-order chi connectivity index (χ0) is 7.56. The van der Waals surface area contributed by atoms with Gasteiger partial charge in [-0.25, -0.2) is 4.79 Å². The Morgan fingerprint density at radius 1 is 1.70 bits per heavy atom. The van der Waals surface area contributed by atoms with Crippen molar-refractivity contribution in [2.24, 2.45) is 0 Å². The molecule has 0 aliphatic heterocycles. The van der Waals surface area contributed by atoms with Crippen molar-refractivity contribution in [1.82, 2.24) is 0 Å². The van der Waals surface area contributed by atoms with E-state index in [0.717, 1.165) is 0 Å². The number of hydrogen-bond acceptors (Lipinski definition) is 4. The fourth-order valence-corrected chi connectivity index (χ4v) is 0.589. The molecular weight excluding hydrogens is 134 g/mol. The van der Waals surface area contributed by atoms with Crippen molar-refractivity contribution < 1.29 is 9.15 Å². The molecule has 4 heteroatoms. The molecule has 1 heterocycles. The molecule has 0 amide bonds. The Hall–Kier alpha value is -1.45. The quantitative estimate of drug-likeness (QED) is 0.608. The third-order valence-electron chi connectivity index (χ3n) is 1.10. The van der Waals surface area contributed by atoms with Gasteiger partial charge in [0.1, 0.15) is 0 Å². The van der Waals surface area contributed by atoms with Crippen LogP contribution in [0.5, 0.6) is 5.75 Å². The van der Waals surface area contributed by atoms with E-state index in [-0.39, 0.29) is 5.69 Å². The Morgan fingerprint density at radius 3 is 2.90 bits per heavy atom. The molecule has 0 atom stereocenters. The molecule has 0 spiro atoms. The van der Waals surface area contributed by atoms with E-state index in [1.165, 1.54) is 19.4 Å². The van der Waals surface area contributed by atoms with Crippen molar-refractivity contribution in [3.05, 3.63) is 22.7 Å². The highest BCUT2D eigenvalue weighted by Gasteiger charge is 2.01. The fraction of sp³-hybridized carbons (Fsp3) is 0.167. The van der Waals surface area contributed by atoms with Crippen LogP contribution in [0.4, 0.5) is 5.69 Å². The van der Waals surface area contributed by atoms with E-state index in [2.05, 4.69) is 4.42 Å². The lowest BCUT2D eigenvalue weighted by molar-refractivity contribution is 0.405. The number of anilines is 1. The van der Waals surface area contributed by atoms with Gasteiger partial charge < -0.3 is 14.9 Å². The van der Waals surface area contributed by atoms with E-state index in [1.54, 1.807) is 0 Å². The molecule has 4 nitrogen and oxygen atoms in total. The van der Waals surface area contributed by atoms with Gasteiger partial charge in [0.05, 0.1) is 13.4 Å². The Balaban J connectivity index is 3.28. The molecule has 0 aliphatic carbocycles. The lowest BCUT2D eigenvalue weighted by Crippen LogP contribution is -2.07. The first kappa shape index (κ1) is 6.67. The second-order valence-corrected chi connectivity index (χ2v) is 1.69. The highest BCUT2D eigenvalue weighted by molar-refractivity contribution is 5.48. The van der Waals surface area contributed by atoms with Crippen LogP contribution in [0, 0.1) is 0 Å². The number of rotatable bonds is 1. The number of methoxy groups -OCH3 is 1. The van der Waals surface area contributed by atoms with Crippen molar-refractivity contribution >= 4 is 5.69 Å². The molecule has 0 fully saturated rings. The summed E-state index contributed by atoms with van der Waals surface area (Å²) in [7, 11) is 1.44. The maximum absolute atomic E-state index is 10.6. The number of nitrogens with two attached hydrogens (primary N) is 1. The van der Waals surface area contributed by atoms with Crippen LogP contribution in [-0.4, -0.2) is 7.11 Å². The summed E-state index contributed by atoms with van der Waals surface area (Å²) in [6.07, 6.45) is 1.23. The second-order valence-electron chi connectivity index (χ2n) is 1.69. The average Bonchev–Trinajstić information content (AvgIpc) is 1.95. The molecule has 2 N–H and O–H groups in total. The predicted octanol–water partition coefficient (Wildman–Crippen LogP) is 0.231. The summed E-state index contributed by atoms with van der Waals surface area (Å²) in [6.45, 7) is 0. The van der Waals surface area contributed by atoms with Crippen molar-refractivity contribution in [3.8, 4) is 5.75 Å². The molecule has 1 aromatic rings. The van der Waals surface area contributed by atoms with Gasteiger partial charge in [-0.1, -0.05) is 0 Å². The van der Waals surface area contributed by atoms with Crippen LogP contribution in [0.15, 0.2) is 21.5 Å². The summed E-state index contributed by atoms with van der Waals surface area (Å²) in [4.78, 5) is 10.6. The van der Waals surface area contributed by atoms with Gasteiger partial charge in [-0.05, 0) is 0 Å². The highest BCUT2D eigenvalue weighted by Crippen LogP contribution is 2.13. The van der Waals surface area contributed by atoms with Gasteiger partial charge in [-0.3, -0.25) is 0 Å². The highest BCUT2D eigenvalue weighted by atomic mass is 16.5. The fourth-order valence-electron chi connectivity index (χ4n) is 0.589. The van der Waals surface area contributed by atoms with Crippen LogP contribution in [-0.2, 0) is 0 Å². The zero-order valence-electron chi connectivity index (χ0n) is 5.46. The second kappa shape index (κ2) is 2.43. The largest absolute Gasteiger partial charge is 0.494 e. The molecule has 0 aliphatic rings. The summed E-state index contributed by atoms with van der Waals surface area (Å²) in [5, 5.41) is 0. The van der Waals surface area contributed by atoms with E-state index < -0.39 is 5.63 Å². The van der Waals surface area contributed by atoms with Gasteiger partial charge in [0.15, 0.2) is 11.4 Å². The maximum atomic E-state index is 10.6. The SMILES string of the molecule is COc1ccoc(=O)c1N. The molecule has 0 saturated carbocycles. The third-order valence-corrected chi connectivity index (χ3v) is 1.10. The van der Waals surface area contributed by atoms with Crippen LogP contribution in [0.3, 0.4) is 0 Å². The molecule has 0 saturated heterocycles. The van der Waals surface area contributed by atoms with Gasteiger partial charge in [-0.15, -0.1) is 0 Å². The van der Waals surface area contributed by atoms with E-state index in [4.69, 9.17) is 10.5 Å². The van der Waals surface area contributed by atoms with E-state index in [1.807, 2.05) is 0 Å². The summed E-state index contributed by atoms with van der Waals surface area (Å²) in [5.41, 5.74) is 4.70. The first-order valence-electron chi connectivity index (χ1n) is 2.67. The standard InChI is InChI=1S/C6H7NO3/c1-9-4-2-3-10-6(8)5(4)7/h2-3H,7H2,1H3. The van der Waals surface area contributed by atoms with Crippen LogP contribution in [0.25, 0.3) is 0 Å². The summed E-state index contributed by atoms with van der Waals surface area (Å²) >= 11 is 0. The molecule has 54 valence electrons. The molecule has 1 rings (SSSR count). The number of ether oxygens (including phenoxy) is 1. The van der Waals surface area contributed by atoms with Gasteiger partial charge in [0.25, 0.3) is 0 Å². The van der Waals surface area contributed by atoms with Gasteiger partial charge >= 0.3 is 5.63 Å². The van der Waals surface area contributed by atoms with E-state index >= 15 is 0 Å². The minimum Gasteiger partial charge on any atom is -0.494 e. The van der Waals surface area contributed by atoms with Crippen molar-refractivity contribution in [1.29, 1.82) is 0 Å². The van der Waals surface area contributed by atoms with Gasteiger partial charge in [0.2, 0.25) is 0 Å². The van der Waals surface area contributed by atoms with Crippen LogP contribution >= 0.6 is 0 Å². The smallest absolute Gasteiger partial charge is 0.362 e. The van der Waals surface area contributed by atoms with E-state index in [9.17, 15) is 4.79 Å². The molecule has 0 aromatic carbocycles. The number of hydrogen-bond donors (Lipinski definition) is 1. The lowest BCUT2D eigenvalue weighted by atomic mass is 10.4. The van der Waals surface area contributed by atoms with Crippen molar-refractivity contribution in [2.45, 2.75) is 0 Å². The zero-order valence-corrected chi connectivity index (χ0v) is 5.46. The summed E-state index contributed by atoms with van der Waals surface area (Å²) in [5.74, 6) is 0.344. The molecule has 1 aromatic heterocycles. The molecule has 0 unspecified atom stereocenters. The summed E-state index contributed by atoms with van der Waals surface area (Å²) in [6, 6.07) is 1.48. The topological polar surface area (TPSA) is 65.5 Å². The predicted molar refractivity (Wildman–Crippen MR) is 35.9 cm³/mol. The lowest BCUT2D eigenvalue weighted by Gasteiger charge is -1.98. The average molecular weight is 141 g/mol. The first-order chi connectivity index (χ1) is 4.75.